The molecule has 5 nitrogen and oxygen atoms in total. The van der Waals surface area contributed by atoms with Crippen molar-refractivity contribution < 1.29 is 18.9 Å². The number of fused-ring (bicyclic) bond motifs is 1. The van der Waals surface area contributed by atoms with Crippen LogP contribution in [0.4, 0.5) is 0 Å². The number of methoxy groups -OCH3 is 1. The standard InChI is InChI=1S/C10H19NO4/c1-10(2)13-5-8-7(15-10)4-6(11)9(12-3)14-8/h6-9H,4-5,11H2,1-3H3/t6-,7+,8-,9?/m1/s1. The first kappa shape index (κ1) is 11.3. The van der Waals surface area contributed by atoms with Crippen molar-refractivity contribution in [1.29, 1.82) is 0 Å². The molecular weight excluding hydrogens is 198 g/mol. The zero-order chi connectivity index (χ0) is 11.1. The predicted molar refractivity (Wildman–Crippen MR) is 53.2 cm³/mol. The summed E-state index contributed by atoms with van der Waals surface area (Å²) in [6.07, 6.45) is 0.341. The molecule has 2 heterocycles. The molecule has 0 aromatic heterocycles. The summed E-state index contributed by atoms with van der Waals surface area (Å²) in [5, 5.41) is 0. The summed E-state index contributed by atoms with van der Waals surface area (Å²) in [6, 6.07) is -0.134. The van der Waals surface area contributed by atoms with E-state index in [1.165, 1.54) is 0 Å². The van der Waals surface area contributed by atoms with Gasteiger partial charge in [0, 0.05) is 7.11 Å². The molecule has 0 aliphatic carbocycles. The maximum absolute atomic E-state index is 5.91. The van der Waals surface area contributed by atoms with Crippen LogP contribution in [0.25, 0.3) is 0 Å². The van der Waals surface area contributed by atoms with Crippen LogP contribution in [0.5, 0.6) is 0 Å². The van der Waals surface area contributed by atoms with Crippen LogP contribution in [-0.2, 0) is 18.9 Å². The van der Waals surface area contributed by atoms with Crippen LogP contribution in [0.3, 0.4) is 0 Å². The lowest BCUT2D eigenvalue weighted by Gasteiger charge is -2.46. The van der Waals surface area contributed by atoms with E-state index in [0.29, 0.717) is 6.61 Å². The Morgan fingerprint density at radius 3 is 2.73 bits per heavy atom. The SMILES string of the molecule is COC1O[C@@H]2COC(C)(C)O[C@H]2C[C@H]1N. The van der Waals surface area contributed by atoms with Crippen molar-refractivity contribution in [2.45, 2.75) is 50.6 Å². The van der Waals surface area contributed by atoms with Gasteiger partial charge in [-0.1, -0.05) is 0 Å². The number of rotatable bonds is 1. The highest BCUT2D eigenvalue weighted by Gasteiger charge is 2.44. The minimum atomic E-state index is -0.538. The van der Waals surface area contributed by atoms with Gasteiger partial charge in [0.2, 0.25) is 0 Å². The van der Waals surface area contributed by atoms with Crippen LogP contribution in [0, 0.1) is 0 Å². The topological polar surface area (TPSA) is 62.9 Å². The summed E-state index contributed by atoms with van der Waals surface area (Å²) < 4.78 is 22.1. The molecule has 0 saturated carbocycles. The average Bonchev–Trinajstić information content (AvgIpc) is 2.15. The molecule has 4 atom stereocenters. The zero-order valence-corrected chi connectivity index (χ0v) is 9.43. The van der Waals surface area contributed by atoms with Crippen LogP contribution >= 0.6 is 0 Å². The van der Waals surface area contributed by atoms with Crippen molar-refractivity contribution in [3.05, 3.63) is 0 Å². The molecule has 15 heavy (non-hydrogen) atoms. The first-order chi connectivity index (χ1) is 7.02. The van der Waals surface area contributed by atoms with Crippen molar-refractivity contribution in [2.75, 3.05) is 13.7 Å². The Kier molecular flexibility index (Phi) is 3.00. The molecule has 2 fully saturated rings. The monoisotopic (exact) mass is 217 g/mol. The second kappa shape index (κ2) is 3.99. The molecule has 2 aliphatic heterocycles. The van der Waals surface area contributed by atoms with Gasteiger partial charge < -0.3 is 24.7 Å². The molecule has 2 rings (SSSR count). The number of hydrogen-bond donors (Lipinski definition) is 1. The van der Waals surface area contributed by atoms with E-state index in [9.17, 15) is 0 Å². The van der Waals surface area contributed by atoms with Crippen molar-refractivity contribution >= 4 is 0 Å². The van der Waals surface area contributed by atoms with Crippen molar-refractivity contribution in [2.24, 2.45) is 5.73 Å². The molecule has 0 spiro atoms. The minimum absolute atomic E-state index is 0.00940. The van der Waals surface area contributed by atoms with Crippen molar-refractivity contribution in [1.82, 2.24) is 0 Å². The molecule has 88 valence electrons. The van der Waals surface area contributed by atoms with Gasteiger partial charge in [-0.05, 0) is 20.3 Å². The molecule has 0 radical (unpaired) electrons. The Balaban J connectivity index is 2.01. The molecule has 0 bridgehead atoms. The lowest BCUT2D eigenvalue weighted by atomic mass is 10.00. The number of nitrogens with two attached hydrogens (primary N) is 1. The first-order valence-electron chi connectivity index (χ1n) is 5.27. The Morgan fingerprint density at radius 2 is 2.07 bits per heavy atom. The fourth-order valence-electron chi connectivity index (χ4n) is 2.07. The van der Waals surface area contributed by atoms with E-state index in [0.717, 1.165) is 6.42 Å². The second-order valence-electron chi connectivity index (χ2n) is 4.55. The maximum atomic E-state index is 5.91. The van der Waals surface area contributed by atoms with E-state index in [1.807, 2.05) is 13.8 Å². The van der Waals surface area contributed by atoms with E-state index < -0.39 is 5.79 Å². The van der Waals surface area contributed by atoms with Crippen LogP contribution in [0.2, 0.25) is 0 Å². The van der Waals surface area contributed by atoms with Gasteiger partial charge in [0.1, 0.15) is 6.10 Å². The highest BCUT2D eigenvalue weighted by atomic mass is 16.8. The van der Waals surface area contributed by atoms with Crippen LogP contribution in [-0.4, -0.2) is 44.0 Å². The lowest BCUT2D eigenvalue weighted by molar-refractivity contribution is -0.346. The second-order valence-corrected chi connectivity index (χ2v) is 4.55. The average molecular weight is 217 g/mol. The van der Waals surface area contributed by atoms with E-state index >= 15 is 0 Å². The normalized spacial score (nSPS) is 44.8. The summed E-state index contributed by atoms with van der Waals surface area (Å²) in [5.41, 5.74) is 5.91. The van der Waals surface area contributed by atoms with E-state index in [4.69, 9.17) is 24.7 Å². The van der Waals surface area contributed by atoms with Gasteiger partial charge in [-0.3, -0.25) is 0 Å². The molecular formula is C10H19NO4. The van der Waals surface area contributed by atoms with E-state index in [-0.39, 0.29) is 24.5 Å². The van der Waals surface area contributed by atoms with Gasteiger partial charge in [-0.25, -0.2) is 0 Å². The molecule has 0 aromatic carbocycles. The fraction of sp³-hybridized carbons (Fsp3) is 1.00. The molecule has 2 aliphatic rings. The van der Waals surface area contributed by atoms with Gasteiger partial charge in [-0.15, -0.1) is 0 Å². The Labute approximate surface area is 89.8 Å². The van der Waals surface area contributed by atoms with Crippen molar-refractivity contribution in [3.8, 4) is 0 Å². The van der Waals surface area contributed by atoms with Gasteiger partial charge in [0.05, 0.1) is 18.8 Å². The summed E-state index contributed by atoms with van der Waals surface area (Å²) in [6.45, 7) is 4.33. The third-order valence-corrected chi connectivity index (χ3v) is 2.84. The Morgan fingerprint density at radius 1 is 1.33 bits per heavy atom. The smallest absolute Gasteiger partial charge is 0.172 e. The maximum Gasteiger partial charge on any atom is 0.172 e. The largest absolute Gasteiger partial charge is 0.354 e. The van der Waals surface area contributed by atoms with E-state index in [1.54, 1.807) is 7.11 Å². The quantitative estimate of drug-likeness (QED) is 0.681. The minimum Gasteiger partial charge on any atom is -0.354 e. The summed E-state index contributed by atoms with van der Waals surface area (Å²) in [7, 11) is 1.60. The third-order valence-electron chi connectivity index (χ3n) is 2.84. The van der Waals surface area contributed by atoms with Crippen LogP contribution in [0.1, 0.15) is 20.3 Å². The van der Waals surface area contributed by atoms with Gasteiger partial charge in [0.15, 0.2) is 12.1 Å². The Hall–Kier alpha value is -0.200. The predicted octanol–water partition coefficient (Wildman–Crippen LogP) is 0.227. The summed E-state index contributed by atoms with van der Waals surface area (Å²) >= 11 is 0. The Bertz CT molecular complexity index is 233. The van der Waals surface area contributed by atoms with Gasteiger partial charge in [0.25, 0.3) is 0 Å². The van der Waals surface area contributed by atoms with E-state index in [2.05, 4.69) is 0 Å². The molecule has 2 N–H and O–H groups in total. The number of hydrogen-bond acceptors (Lipinski definition) is 5. The summed E-state index contributed by atoms with van der Waals surface area (Å²) in [4.78, 5) is 0. The molecule has 1 unspecified atom stereocenters. The number of ether oxygens (including phenoxy) is 4. The molecule has 2 saturated heterocycles. The zero-order valence-electron chi connectivity index (χ0n) is 9.43. The molecule has 0 amide bonds. The highest BCUT2D eigenvalue weighted by Crippen LogP contribution is 2.31. The third kappa shape index (κ3) is 2.32. The highest BCUT2D eigenvalue weighted by molar-refractivity contribution is 4.88. The van der Waals surface area contributed by atoms with Gasteiger partial charge in [-0.2, -0.15) is 0 Å². The van der Waals surface area contributed by atoms with Crippen LogP contribution < -0.4 is 5.73 Å². The first-order valence-corrected chi connectivity index (χ1v) is 5.27. The summed E-state index contributed by atoms with van der Waals surface area (Å²) in [5.74, 6) is -0.538. The van der Waals surface area contributed by atoms with Gasteiger partial charge >= 0.3 is 0 Å². The molecule has 5 heteroatoms. The lowest BCUT2D eigenvalue weighted by Crippen LogP contribution is -2.59. The van der Waals surface area contributed by atoms with Crippen molar-refractivity contribution in [3.63, 3.8) is 0 Å². The van der Waals surface area contributed by atoms with Crippen LogP contribution in [0.15, 0.2) is 0 Å². The molecule has 0 aromatic rings. The fourth-order valence-corrected chi connectivity index (χ4v) is 2.07.